The largest absolute Gasteiger partial charge is 0.489 e. The van der Waals surface area contributed by atoms with Crippen LogP contribution in [-0.4, -0.2) is 24.6 Å². The predicted octanol–water partition coefficient (Wildman–Crippen LogP) is 4.48. The van der Waals surface area contributed by atoms with Gasteiger partial charge in [-0.3, -0.25) is 9.59 Å². The molecule has 0 atom stereocenters. The number of ether oxygens (including phenoxy) is 1. The van der Waals surface area contributed by atoms with E-state index < -0.39 is 0 Å². The topological polar surface area (TPSA) is 71.0 Å². The summed E-state index contributed by atoms with van der Waals surface area (Å²) in [6.07, 6.45) is 3.75. The minimum atomic E-state index is -0.285. The van der Waals surface area contributed by atoms with Crippen LogP contribution in [0.25, 0.3) is 0 Å². The molecule has 1 aliphatic rings. The number of fused-ring (bicyclic) bond motifs is 1. The minimum absolute atomic E-state index is 0.0348. The zero-order valence-electron chi connectivity index (χ0n) is 18.4. The molecule has 3 aromatic rings. The Balaban J connectivity index is 1.20. The first-order valence-corrected chi connectivity index (χ1v) is 11.2. The van der Waals surface area contributed by atoms with Gasteiger partial charge in [-0.1, -0.05) is 48.5 Å². The standard InChI is InChI=1S/C27H27N3O3/c31-26(16-17-27(32)30-18-6-10-23-9-4-5-11-25(23)30)29-28-19-21-12-14-24(15-13-21)33-20-22-7-2-1-3-8-22/h1-5,7-9,11-15,19H,6,10,16-18,20H2,(H,29,31). The molecule has 3 aromatic carbocycles. The highest BCUT2D eigenvalue weighted by Crippen LogP contribution is 2.27. The molecule has 0 bridgehead atoms. The van der Waals surface area contributed by atoms with E-state index in [0.29, 0.717) is 13.2 Å². The number of hydrogen-bond acceptors (Lipinski definition) is 4. The van der Waals surface area contributed by atoms with E-state index in [2.05, 4.69) is 16.6 Å². The van der Waals surface area contributed by atoms with Crippen molar-refractivity contribution in [2.45, 2.75) is 32.3 Å². The number of anilines is 1. The Morgan fingerprint density at radius 2 is 1.70 bits per heavy atom. The third-order valence-corrected chi connectivity index (χ3v) is 5.51. The summed E-state index contributed by atoms with van der Waals surface area (Å²) in [4.78, 5) is 26.5. The Labute approximate surface area is 193 Å². The number of benzene rings is 3. The van der Waals surface area contributed by atoms with Crippen LogP contribution in [0.2, 0.25) is 0 Å². The summed E-state index contributed by atoms with van der Waals surface area (Å²) in [6, 6.07) is 25.4. The highest BCUT2D eigenvalue weighted by molar-refractivity contribution is 5.96. The van der Waals surface area contributed by atoms with Gasteiger partial charge >= 0.3 is 0 Å². The summed E-state index contributed by atoms with van der Waals surface area (Å²) < 4.78 is 5.77. The Bertz CT molecular complexity index is 1110. The quantitative estimate of drug-likeness (QED) is 0.414. The molecule has 0 saturated carbocycles. The van der Waals surface area contributed by atoms with Crippen molar-refractivity contribution in [3.05, 3.63) is 95.6 Å². The highest BCUT2D eigenvalue weighted by atomic mass is 16.5. The first-order chi connectivity index (χ1) is 16.2. The number of carbonyl (C=O) groups excluding carboxylic acids is 2. The number of aryl methyl sites for hydroxylation is 1. The van der Waals surface area contributed by atoms with Crippen molar-refractivity contribution in [3.8, 4) is 5.75 Å². The molecule has 6 nitrogen and oxygen atoms in total. The predicted molar refractivity (Wildman–Crippen MR) is 129 cm³/mol. The lowest BCUT2D eigenvalue weighted by molar-refractivity contribution is -0.125. The maximum Gasteiger partial charge on any atom is 0.240 e. The molecule has 0 aliphatic carbocycles. The summed E-state index contributed by atoms with van der Waals surface area (Å²) in [7, 11) is 0. The van der Waals surface area contributed by atoms with E-state index in [0.717, 1.165) is 35.4 Å². The van der Waals surface area contributed by atoms with Crippen LogP contribution in [0, 0.1) is 0 Å². The summed E-state index contributed by atoms with van der Waals surface area (Å²) in [5, 5.41) is 4.00. The number of nitrogens with zero attached hydrogens (tertiary/aromatic N) is 2. The van der Waals surface area contributed by atoms with Crippen LogP contribution < -0.4 is 15.1 Å². The average molecular weight is 442 g/mol. The summed E-state index contributed by atoms with van der Waals surface area (Å²) in [6.45, 7) is 1.20. The van der Waals surface area contributed by atoms with E-state index in [4.69, 9.17) is 4.74 Å². The summed E-state index contributed by atoms with van der Waals surface area (Å²) in [5.41, 5.74) is 6.58. The fourth-order valence-corrected chi connectivity index (χ4v) is 3.77. The molecule has 0 unspecified atom stereocenters. The minimum Gasteiger partial charge on any atom is -0.489 e. The van der Waals surface area contributed by atoms with Crippen LogP contribution in [0.3, 0.4) is 0 Å². The second kappa shape index (κ2) is 11.1. The Hall–Kier alpha value is -3.93. The van der Waals surface area contributed by atoms with E-state index in [1.165, 1.54) is 5.56 Å². The van der Waals surface area contributed by atoms with E-state index in [9.17, 15) is 9.59 Å². The fourth-order valence-electron chi connectivity index (χ4n) is 3.77. The van der Waals surface area contributed by atoms with Gasteiger partial charge in [-0.2, -0.15) is 5.10 Å². The van der Waals surface area contributed by atoms with Gasteiger partial charge in [-0.25, -0.2) is 5.43 Å². The molecule has 1 heterocycles. The molecule has 1 aliphatic heterocycles. The number of hydrogen-bond donors (Lipinski definition) is 1. The van der Waals surface area contributed by atoms with Gasteiger partial charge in [0.2, 0.25) is 11.8 Å². The third kappa shape index (κ3) is 6.29. The number of nitrogens with one attached hydrogen (secondary N) is 1. The van der Waals surface area contributed by atoms with Crippen molar-refractivity contribution in [3.63, 3.8) is 0 Å². The second-order valence-corrected chi connectivity index (χ2v) is 7.91. The van der Waals surface area contributed by atoms with Crippen molar-refractivity contribution in [2.75, 3.05) is 11.4 Å². The van der Waals surface area contributed by atoms with E-state index in [1.54, 1.807) is 11.1 Å². The maximum atomic E-state index is 12.6. The smallest absolute Gasteiger partial charge is 0.240 e. The van der Waals surface area contributed by atoms with Crippen molar-refractivity contribution in [1.29, 1.82) is 0 Å². The second-order valence-electron chi connectivity index (χ2n) is 7.91. The molecule has 6 heteroatoms. The molecule has 0 fully saturated rings. The van der Waals surface area contributed by atoms with Gasteiger partial charge in [0.1, 0.15) is 12.4 Å². The number of carbonyl (C=O) groups is 2. The molecule has 168 valence electrons. The fraction of sp³-hybridized carbons (Fsp3) is 0.222. The van der Waals surface area contributed by atoms with Crippen molar-refractivity contribution in [2.24, 2.45) is 5.10 Å². The maximum absolute atomic E-state index is 12.6. The molecule has 4 rings (SSSR count). The third-order valence-electron chi connectivity index (χ3n) is 5.51. The van der Waals surface area contributed by atoms with Gasteiger partial charge in [0, 0.05) is 25.1 Å². The normalized spacial score (nSPS) is 12.9. The average Bonchev–Trinajstić information content (AvgIpc) is 2.87. The van der Waals surface area contributed by atoms with Crippen molar-refractivity contribution >= 4 is 23.7 Å². The van der Waals surface area contributed by atoms with Gasteiger partial charge in [0.25, 0.3) is 0 Å². The Kier molecular flexibility index (Phi) is 7.48. The first kappa shape index (κ1) is 22.3. The zero-order valence-corrected chi connectivity index (χ0v) is 18.4. The molecule has 1 N–H and O–H groups in total. The van der Waals surface area contributed by atoms with Gasteiger partial charge in [-0.05, 0) is 59.9 Å². The van der Waals surface area contributed by atoms with E-state index in [1.807, 2.05) is 72.8 Å². The molecule has 33 heavy (non-hydrogen) atoms. The van der Waals surface area contributed by atoms with Gasteiger partial charge < -0.3 is 9.64 Å². The van der Waals surface area contributed by atoms with Crippen LogP contribution in [0.4, 0.5) is 5.69 Å². The Morgan fingerprint density at radius 3 is 2.52 bits per heavy atom. The lowest BCUT2D eigenvalue weighted by atomic mass is 10.0. The van der Waals surface area contributed by atoms with Gasteiger partial charge in [-0.15, -0.1) is 0 Å². The lowest BCUT2D eigenvalue weighted by Crippen LogP contribution is -2.36. The van der Waals surface area contributed by atoms with Gasteiger partial charge in [0.05, 0.1) is 6.21 Å². The molecule has 0 radical (unpaired) electrons. The van der Waals surface area contributed by atoms with E-state index >= 15 is 0 Å². The van der Waals surface area contributed by atoms with E-state index in [-0.39, 0.29) is 24.7 Å². The molecule has 0 spiro atoms. The van der Waals surface area contributed by atoms with Gasteiger partial charge in [0.15, 0.2) is 0 Å². The first-order valence-electron chi connectivity index (χ1n) is 11.2. The van der Waals surface area contributed by atoms with Crippen LogP contribution in [0.5, 0.6) is 5.75 Å². The molecule has 0 saturated heterocycles. The van der Waals surface area contributed by atoms with Crippen LogP contribution >= 0.6 is 0 Å². The number of rotatable bonds is 8. The zero-order chi connectivity index (χ0) is 22.9. The molecule has 2 amide bonds. The van der Waals surface area contributed by atoms with Crippen molar-refractivity contribution < 1.29 is 14.3 Å². The monoisotopic (exact) mass is 441 g/mol. The molecular formula is C27H27N3O3. The number of hydrazone groups is 1. The van der Waals surface area contributed by atoms with Crippen LogP contribution in [-0.2, 0) is 22.6 Å². The number of amides is 2. The van der Waals surface area contributed by atoms with Crippen LogP contribution in [0.1, 0.15) is 36.0 Å². The van der Waals surface area contributed by atoms with Crippen LogP contribution in [0.15, 0.2) is 84.0 Å². The Morgan fingerprint density at radius 1 is 0.939 bits per heavy atom. The molecule has 0 aromatic heterocycles. The summed E-state index contributed by atoms with van der Waals surface area (Å²) in [5.74, 6) is 0.443. The van der Waals surface area contributed by atoms with Crippen molar-refractivity contribution in [1.82, 2.24) is 5.43 Å². The summed E-state index contributed by atoms with van der Waals surface area (Å²) >= 11 is 0. The lowest BCUT2D eigenvalue weighted by Gasteiger charge is -2.29. The highest BCUT2D eigenvalue weighted by Gasteiger charge is 2.22. The SMILES string of the molecule is O=C(CCC(=O)N1CCCc2ccccc21)NN=Cc1ccc(OCc2ccccc2)cc1. The molecular weight excluding hydrogens is 414 g/mol. The number of para-hydroxylation sites is 1.